The third kappa shape index (κ3) is 4.73. The SMILES string of the molecule is O[C@H](CN1CCc2ccccc2C1)CN1CCN(Cc2cnc(-c3cccnc3)cn2)C2OC21. The second kappa shape index (κ2) is 9.48. The summed E-state index contributed by atoms with van der Waals surface area (Å²) >= 11 is 0. The summed E-state index contributed by atoms with van der Waals surface area (Å²) in [5.41, 5.74) is 5.55. The highest BCUT2D eigenvalue weighted by Crippen LogP contribution is 2.34. The summed E-state index contributed by atoms with van der Waals surface area (Å²) in [7, 11) is 0. The molecule has 2 unspecified atom stereocenters. The van der Waals surface area contributed by atoms with E-state index in [-0.39, 0.29) is 18.6 Å². The molecule has 3 aliphatic heterocycles. The average molecular weight is 459 g/mol. The smallest absolute Gasteiger partial charge is 0.153 e. The Balaban J connectivity index is 0.987. The molecule has 0 aliphatic carbocycles. The van der Waals surface area contributed by atoms with Gasteiger partial charge in [-0.05, 0) is 29.7 Å². The lowest BCUT2D eigenvalue weighted by Gasteiger charge is -2.34. The quantitative estimate of drug-likeness (QED) is 0.537. The highest BCUT2D eigenvalue weighted by Gasteiger charge is 2.51. The fourth-order valence-corrected chi connectivity index (χ4v) is 5.15. The van der Waals surface area contributed by atoms with Crippen LogP contribution in [0.25, 0.3) is 11.3 Å². The molecule has 3 aromatic rings. The third-order valence-electron chi connectivity index (χ3n) is 6.99. The maximum absolute atomic E-state index is 10.8. The predicted octanol–water partition coefficient (Wildman–Crippen LogP) is 1.76. The number of pyridine rings is 1. The van der Waals surface area contributed by atoms with Crippen molar-refractivity contribution >= 4 is 0 Å². The largest absolute Gasteiger partial charge is 0.390 e. The molecule has 3 aliphatic rings. The van der Waals surface area contributed by atoms with Crippen molar-refractivity contribution in [3.8, 4) is 11.3 Å². The molecule has 0 amide bonds. The number of fused-ring (bicyclic) bond motifs is 2. The molecule has 2 aromatic heterocycles. The van der Waals surface area contributed by atoms with Gasteiger partial charge in [0.05, 0.1) is 29.9 Å². The first-order valence-corrected chi connectivity index (χ1v) is 12.0. The van der Waals surface area contributed by atoms with Crippen LogP contribution in [0, 0.1) is 0 Å². The van der Waals surface area contributed by atoms with Crippen LogP contribution in [0.4, 0.5) is 0 Å². The molecule has 0 bridgehead atoms. The van der Waals surface area contributed by atoms with E-state index in [1.807, 2.05) is 24.5 Å². The average Bonchev–Trinajstić information content (AvgIpc) is 3.68. The zero-order valence-corrected chi connectivity index (χ0v) is 19.2. The van der Waals surface area contributed by atoms with E-state index >= 15 is 0 Å². The van der Waals surface area contributed by atoms with Crippen LogP contribution in [0.5, 0.6) is 0 Å². The van der Waals surface area contributed by atoms with E-state index in [1.54, 1.807) is 12.4 Å². The summed E-state index contributed by atoms with van der Waals surface area (Å²) in [4.78, 5) is 20.3. The number of β-amino-alcohol motifs (C(OH)–C–C–N with tert-alkyl or cyclic N) is 1. The standard InChI is InChI=1S/C26H30N6O2/c33-23(17-30-9-7-19-4-1-2-5-21(19)15-30)18-32-11-10-31(25-26(32)34-25)16-22-13-29-24(14-28-22)20-6-3-8-27-12-20/h1-6,8,12-14,23,25-26,33H,7,9-11,15-18H2/t23-,25?,26?/m1/s1. The number of aliphatic hydroxyl groups excluding tert-OH is 1. The summed E-state index contributed by atoms with van der Waals surface area (Å²) in [6, 6.07) is 12.5. The normalized spacial score (nSPS) is 23.8. The summed E-state index contributed by atoms with van der Waals surface area (Å²) in [5, 5.41) is 10.8. The van der Waals surface area contributed by atoms with Crippen LogP contribution in [0.2, 0.25) is 0 Å². The minimum Gasteiger partial charge on any atom is -0.390 e. The van der Waals surface area contributed by atoms with Gasteiger partial charge in [-0.2, -0.15) is 0 Å². The van der Waals surface area contributed by atoms with Crippen LogP contribution in [-0.2, 0) is 24.2 Å². The number of hydrogen-bond donors (Lipinski definition) is 1. The van der Waals surface area contributed by atoms with Gasteiger partial charge in [-0.3, -0.25) is 29.7 Å². The first kappa shape index (κ1) is 21.8. The Labute approximate surface area is 199 Å². The number of epoxide rings is 1. The second-order valence-electron chi connectivity index (χ2n) is 9.42. The van der Waals surface area contributed by atoms with Crippen molar-refractivity contribution in [1.29, 1.82) is 0 Å². The number of ether oxygens (including phenoxy) is 1. The first-order valence-electron chi connectivity index (χ1n) is 12.0. The number of benzene rings is 1. The molecule has 2 fully saturated rings. The van der Waals surface area contributed by atoms with E-state index in [9.17, 15) is 5.11 Å². The Bertz CT molecular complexity index is 1110. The van der Waals surface area contributed by atoms with Crippen LogP contribution < -0.4 is 0 Å². The zero-order valence-electron chi connectivity index (χ0n) is 19.2. The maximum atomic E-state index is 10.8. The van der Waals surface area contributed by atoms with Gasteiger partial charge in [-0.1, -0.05) is 24.3 Å². The van der Waals surface area contributed by atoms with Gasteiger partial charge < -0.3 is 9.84 Å². The van der Waals surface area contributed by atoms with Gasteiger partial charge in [0.15, 0.2) is 12.5 Å². The highest BCUT2D eigenvalue weighted by atomic mass is 16.6. The van der Waals surface area contributed by atoms with Crippen molar-refractivity contribution in [1.82, 2.24) is 29.7 Å². The zero-order chi connectivity index (χ0) is 22.9. The van der Waals surface area contributed by atoms with Gasteiger partial charge in [0, 0.05) is 63.8 Å². The van der Waals surface area contributed by atoms with Crippen molar-refractivity contribution in [3.05, 3.63) is 78.0 Å². The molecule has 0 spiro atoms. The van der Waals surface area contributed by atoms with Crippen LogP contribution in [-0.4, -0.2) is 86.0 Å². The van der Waals surface area contributed by atoms with Gasteiger partial charge in [-0.25, -0.2) is 0 Å². The fourth-order valence-electron chi connectivity index (χ4n) is 5.15. The van der Waals surface area contributed by atoms with E-state index < -0.39 is 0 Å². The van der Waals surface area contributed by atoms with Crippen LogP contribution in [0.15, 0.2) is 61.2 Å². The minimum atomic E-state index is -0.382. The Morgan fingerprint density at radius 1 is 0.912 bits per heavy atom. The molecule has 176 valence electrons. The van der Waals surface area contributed by atoms with Crippen molar-refractivity contribution < 1.29 is 9.84 Å². The number of piperazine rings is 1. The molecule has 8 nitrogen and oxygen atoms in total. The van der Waals surface area contributed by atoms with Crippen molar-refractivity contribution in [3.63, 3.8) is 0 Å². The molecule has 2 saturated heterocycles. The van der Waals surface area contributed by atoms with E-state index in [0.29, 0.717) is 19.6 Å². The molecule has 0 radical (unpaired) electrons. The monoisotopic (exact) mass is 458 g/mol. The molecule has 0 saturated carbocycles. The number of aromatic nitrogens is 3. The fraction of sp³-hybridized carbons (Fsp3) is 0.423. The van der Waals surface area contributed by atoms with E-state index in [4.69, 9.17) is 4.74 Å². The second-order valence-corrected chi connectivity index (χ2v) is 9.42. The Hall–Kier alpha value is -2.75. The Kier molecular flexibility index (Phi) is 6.07. The van der Waals surface area contributed by atoms with Crippen molar-refractivity contribution in [2.24, 2.45) is 0 Å². The van der Waals surface area contributed by atoms with Gasteiger partial charge in [0.25, 0.3) is 0 Å². The molecular weight excluding hydrogens is 428 g/mol. The van der Waals surface area contributed by atoms with Crippen molar-refractivity contribution in [2.45, 2.75) is 38.1 Å². The summed E-state index contributed by atoms with van der Waals surface area (Å²) < 4.78 is 5.98. The number of rotatable bonds is 7. The maximum Gasteiger partial charge on any atom is 0.153 e. The van der Waals surface area contributed by atoms with E-state index in [1.165, 1.54) is 11.1 Å². The lowest BCUT2D eigenvalue weighted by molar-refractivity contribution is 0.0408. The topological polar surface area (TPSA) is 81.2 Å². The number of aliphatic hydroxyl groups is 1. The minimum absolute atomic E-state index is 0.0631. The summed E-state index contributed by atoms with van der Waals surface area (Å²) in [6.45, 7) is 5.75. The molecule has 8 heteroatoms. The van der Waals surface area contributed by atoms with Crippen molar-refractivity contribution in [2.75, 3.05) is 32.7 Å². The number of hydrogen-bond acceptors (Lipinski definition) is 8. The molecule has 1 aromatic carbocycles. The molecule has 34 heavy (non-hydrogen) atoms. The van der Waals surface area contributed by atoms with Gasteiger partial charge in [0.2, 0.25) is 0 Å². The number of nitrogens with zero attached hydrogens (tertiary/aromatic N) is 6. The summed E-state index contributed by atoms with van der Waals surface area (Å²) in [6.07, 6.45) is 8.01. The molecule has 5 heterocycles. The molecule has 3 atom stereocenters. The molecule has 6 rings (SSSR count). The van der Waals surface area contributed by atoms with Crippen LogP contribution in [0.3, 0.4) is 0 Å². The lowest BCUT2D eigenvalue weighted by atomic mass is 10.00. The van der Waals surface area contributed by atoms with Crippen LogP contribution in [0.1, 0.15) is 16.8 Å². The predicted molar refractivity (Wildman–Crippen MR) is 127 cm³/mol. The lowest BCUT2D eigenvalue weighted by Crippen LogP contribution is -2.50. The first-order chi connectivity index (χ1) is 16.7. The molecule has 1 N–H and O–H groups in total. The van der Waals surface area contributed by atoms with Gasteiger partial charge >= 0.3 is 0 Å². The Morgan fingerprint density at radius 3 is 2.59 bits per heavy atom. The molecular formula is C26H30N6O2. The Morgan fingerprint density at radius 2 is 1.76 bits per heavy atom. The van der Waals surface area contributed by atoms with Gasteiger partial charge in [-0.15, -0.1) is 0 Å². The highest BCUT2D eigenvalue weighted by molar-refractivity contribution is 5.56. The van der Waals surface area contributed by atoms with E-state index in [2.05, 4.69) is 53.9 Å². The van der Waals surface area contributed by atoms with Gasteiger partial charge in [0.1, 0.15) is 0 Å². The van der Waals surface area contributed by atoms with Crippen LogP contribution >= 0.6 is 0 Å². The summed E-state index contributed by atoms with van der Waals surface area (Å²) in [5.74, 6) is 0. The van der Waals surface area contributed by atoms with E-state index in [0.717, 1.165) is 49.6 Å². The third-order valence-corrected chi connectivity index (χ3v) is 6.99.